The molecule has 2 aromatic heterocycles. The number of aromatic nitrogens is 3. The topological polar surface area (TPSA) is 77.1 Å². The highest BCUT2D eigenvalue weighted by molar-refractivity contribution is 6.42. The number of hydrogen-bond acceptors (Lipinski definition) is 4. The van der Waals surface area contributed by atoms with Gasteiger partial charge in [0.1, 0.15) is 0 Å². The molecule has 1 aliphatic rings. The maximum absolute atomic E-state index is 14.6. The van der Waals surface area contributed by atoms with Gasteiger partial charge in [-0.3, -0.25) is 9.69 Å². The van der Waals surface area contributed by atoms with E-state index in [1.165, 1.54) is 24.5 Å². The number of halogens is 4. The summed E-state index contributed by atoms with van der Waals surface area (Å²) < 4.78 is 31.6. The molecule has 0 aliphatic carbocycles. The fourth-order valence-electron chi connectivity index (χ4n) is 4.06. The molecule has 0 unspecified atom stereocenters. The fourth-order valence-corrected chi connectivity index (χ4v) is 4.44. The second kappa shape index (κ2) is 9.85. The largest absolute Gasteiger partial charge is 0.619 e. The molecule has 3 aromatic rings. The van der Waals surface area contributed by atoms with Crippen LogP contribution in [0.3, 0.4) is 0 Å². The normalized spacial score (nSPS) is 19.0. The van der Waals surface area contributed by atoms with Gasteiger partial charge in [0.15, 0.2) is 18.2 Å². The highest BCUT2D eigenvalue weighted by Crippen LogP contribution is 2.40. The van der Waals surface area contributed by atoms with Crippen LogP contribution in [0.5, 0.6) is 0 Å². The molecule has 1 fully saturated rings. The molecule has 180 valence electrons. The Bertz CT molecular complexity index is 1170. The standard InChI is InChI=1S/C23H23Cl2F2N5O2/c1-15(31-10-7-23(26,27)18(12-31)16-5-8-32(34)9-6-16)22(33)29-20-13-30(14-28-20)11-17-3-2-4-19(24)21(17)25/h2-6,8-9,13-15,18H,7,10-12H2,1H3,(H,29,33)/t15-,18+/m0/s1. The molecular formula is C23H23Cl2F2N5O2. The van der Waals surface area contributed by atoms with Crippen LogP contribution in [0.1, 0.15) is 30.4 Å². The van der Waals surface area contributed by atoms with Gasteiger partial charge in [-0.1, -0.05) is 35.3 Å². The van der Waals surface area contributed by atoms with Crippen molar-refractivity contribution in [1.82, 2.24) is 14.5 Å². The molecule has 1 N–H and O–H groups in total. The summed E-state index contributed by atoms with van der Waals surface area (Å²) in [5.41, 5.74) is 1.18. The van der Waals surface area contributed by atoms with Crippen molar-refractivity contribution < 1.29 is 18.3 Å². The Morgan fingerprint density at radius 3 is 2.79 bits per heavy atom. The summed E-state index contributed by atoms with van der Waals surface area (Å²) in [5, 5.41) is 14.9. The van der Waals surface area contributed by atoms with Crippen LogP contribution in [0.4, 0.5) is 14.6 Å². The minimum Gasteiger partial charge on any atom is -0.619 e. The Kier molecular flexibility index (Phi) is 7.06. The first-order valence-corrected chi connectivity index (χ1v) is 11.5. The Morgan fingerprint density at radius 1 is 1.32 bits per heavy atom. The SMILES string of the molecule is C[C@@H](C(=O)Nc1cn(Cc2cccc(Cl)c2Cl)cn1)N1CCC(F)(F)[C@@H](c2cc[n+]([O-])cc2)C1. The van der Waals surface area contributed by atoms with Gasteiger partial charge < -0.3 is 15.1 Å². The number of hydrogen-bond donors (Lipinski definition) is 1. The highest BCUT2D eigenvalue weighted by atomic mass is 35.5. The number of pyridine rings is 1. The van der Waals surface area contributed by atoms with Crippen LogP contribution in [0, 0.1) is 5.21 Å². The Balaban J connectivity index is 1.40. The van der Waals surface area contributed by atoms with E-state index in [2.05, 4.69) is 10.3 Å². The maximum Gasteiger partial charge on any atom is 0.257 e. The molecule has 34 heavy (non-hydrogen) atoms. The average Bonchev–Trinajstić information content (AvgIpc) is 3.24. The lowest BCUT2D eigenvalue weighted by Gasteiger charge is -2.40. The van der Waals surface area contributed by atoms with Crippen LogP contribution < -0.4 is 10.0 Å². The van der Waals surface area contributed by atoms with Gasteiger partial charge in [0.2, 0.25) is 5.91 Å². The van der Waals surface area contributed by atoms with Crippen LogP contribution in [0.15, 0.2) is 55.2 Å². The summed E-state index contributed by atoms with van der Waals surface area (Å²) in [5.74, 6) is -4.04. The summed E-state index contributed by atoms with van der Waals surface area (Å²) in [6, 6.07) is 7.50. The summed E-state index contributed by atoms with van der Waals surface area (Å²) >= 11 is 12.3. The van der Waals surface area contributed by atoms with E-state index in [0.717, 1.165) is 5.56 Å². The number of rotatable bonds is 6. The molecule has 1 aliphatic heterocycles. The molecule has 0 spiro atoms. The van der Waals surface area contributed by atoms with Crippen LogP contribution in [0.25, 0.3) is 0 Å². The zero-order valence-corrected chi connectivity index (χ0v) is 19.8. The number of carbonyl (C=O) groups excluding carboxylic acids is 1. The molecule has 0 radical (unpaired) electrons. The summed E-state index contributed by atoms with van der Waals surface area (Å²) in [4.78, 5) is 18.8. The molecule has 1 saturated heterocycles. The van der Waals surface area contributed by atoms with Crippen LogP contribution in [0.2, 0.25) is 10.0 Å². The van der Waals surface area contributed by atoms with Gasteiger partial charge in [-0.2, -0.15) is 4.73 Å². The van der Waals surface area contributed by atoms with Gasteiger partial charge in [-0.15, -0.1) is 0 Å². The number of imidazole rings is 1. The summed E-state index contributed by atoms with van der Waals surface area (Å²) in [6.07, 6.45) is 5.25. The zero-order valence-electron chi connectivity index (χ0n) is 18.3. The van der Waals surface area contributed by atoms with E-state index < -0.39 is 17.9 Å². The number of likely N-dealkylation sites (tertiary alicyclic amines) is 1. The predicted molar refractivity (Wildman–Crippen MR) is 125 cm³/mol. The van der Waals surface area contributed by atoms with E-state index in [4.69, 9.17) is 23.2 Å². The van der Waals surface area contributed by atoms with E-state index in [1.54, 1.807) is 41.0 Å². The lowest BCUT2D eigenvalue weighted by atomic mass is 9.87. The molecule has 1 aromatic carbocycles. The van der Waals surface area contributed by atoms with Gasteiger partial charge >= 0.3 is 0 Å². The smallest absolute Gasteiger partial charge is 0.257 e. The van der Waals surface area contributed by atoms with Crippen molar-refractivity contribution in [3.05, 3.63) is 81.6 Å². The number of alkyl halides is 2. The molecule has 1 amide bonds. The van der Waals surface area contributed by atoms with E-state index in [1.807, 2.05) is 6.07 Å². The maximum atomic E-state index is 14.6. The molecule has 11 heteroatoms. The number of amides is 1. The molecule has 3 heterocycles. The van der Waals surface area contributed by atoms with Crippen molar-refractivity contribution in [2.75, 3.05) is 18.4 Å². The van der Waals surface area contributed by atoms with Crippen molar-refractivity contribution >= 4 is 34.9 Å². The van der Waals surface area contributed by atoms with Gasteiger partial charge in [0, 0.05) is 37.8 Å². The molecule has 0 saturated carbocycles. The lowest BCUT2D eigenvalue weighted by Crippen LogP contribution is -2.52. The third kappa shape index (κ3) is 5.32. The molecule has 0 bridgehead atoms. The van der Waals surface area contributed by atoms with Gasteiger partial charge in [0.05, 0.1) is 34.9 Å². The fraction of sp³-hybridized carbons (Fsp3) is 0.348. The first-order valence-electron chi connectivity index (χ1n) is 10.7. The van der Waals surface area contributed by atoms with E-state index >= 15 is 0 Å². The minimum atomic E-state index is -2.93. The van der Waals surface area contributed by atoms with Crippen molar-refractivity contribution in [2.24, 2.45) is 0 Å². The van der Waals surface area contributed by atoms with Crippen LogP contribution in [-0.4, -0.2) is 45.4 Å². The van der Waals surface area contributed by atoms with Gasteiger partial charge in [-0.25, -0.2) is 13.8 Å². The van der Waals surface area contributed by atoms with Crippen molar-refractivity contribution in [3.63, 3.8) is 0 Å². The predicted octanol–water partition coefficient (Wildman–Crippen LogP) is 4.32. The number of piperidine rings is 1. The molecule has 4 rings (SSSR count). The number of carbonyl (C=O) groups is 1. The second-order valence-electron chi connectivity index (χ2n) is 8.36. The average molecular weight is 510 g/mol. The van der Waals surface area contributed by atoms with Gasteiger partial charge in [-0.05, 0) is 24.1 Å². The van der Waals surface area contributed by atoms with Crippen LogP contribution >= 0.6 is 23.2 Å². The quantitative estimate of drug-likeness (QED) is 0.396. The number of anilines is 1. The number of nitrogens with one attached hydrogen (secondary N) is 1. The highest BCUT2D eigenvalue weighted by Gasteiger charge is 2.46. The third-order valence-corrected chi connectivity index (χ3v) is 6.94. The molecule has 7 nitrogen and oxygen atoms in total. The zero-order chi connectivity index (χ0) is 24.5. The third-order valence-electron chi connectivity index (χ3n) is 6.09. The van der Waals surface area contributed by atoms with Crippen molar-refractivity contribution in [2.45, 2.75) is 37.8 Å². The Hall–Kier alpha value is -2.75. The Morgan fingerprint density at radius 2 is 2.06 bits per heavy atom. The monoisotopic (exact) mass is 509 g/mol. The van der Waals surface area contributed by atoms with Crippen LogP contribution in [-0.2, 0) is 11.3 Å². The number of benzene rings is 1. The first-order chi connectivity index (χ1) is 16.1. The number of nitrogens with zero attached hydrogens (tertiary/aromatic N) is 4. The van der Waals surface area contributed by atoms with E-state index in [9.17, 15) is 18.8 Å². The van der Waals surface area contributed by atoms with Gasteiger partial charge in [0.25, 0.3) is 5.92 Å². The minimum absolute atomic E-state index is 0.00777. The second-order valence-corrected chi connectivity index (χ2v) is 9.14. The Labute approximate surface area is 205 Å². The van der Waals surface area contributed by atoms with E-state index in [-0.39, 0.29) is 25.4 Å². The lowest BCUT2D eigenvalue weighted by molar-refractivity contribution is -0.605. The van der Waals surface area contributed by atoms with E-state index in [0.29, 0.717) is 32.7 Å². The summed E-state index contributed by atoms with van der Waals surface area (Å²) in [7, 11) is 0. The van der Waals surface area contributed by atoms with Crippen molar-refractivity contribution in [1.29, 1.82) is 0 Å². The molecular weight excluding hydrogens is 487 g/mol. The summed E-state index contributed by atoms with van der Waals surface area (Å²) in [6.45, 7) is 2.16. The first kappa shape index (κ1) is 24.4. The van der Waals surface area contributed by atoms with Crippen molar-refractivity contribution in [3.8, 4) is 0 Å². The molecule has 2 atom stereocenters.